The summed E-state index contributed by atoms with van der Waals surface area (Å²) in [6.45, 7) is 8.36. The van der Waals surface area contributed by atoms with E-state index in [2.05, 4.69) is 29.0 Å². The minimum absolute atomic E-state index is 0.00919. The zero-order chi connectivity index (χ0) is 26.2. The maximum atomic E-state index is 14.6. The first kappa shape index (κ1) is 24.9. The lowest BCUT2D eigenvalue weighted by molar-refractivity contribution is -0.122. The van der Waals surface area contributed by atoms with E-state index < -0.39 is 0 Å². The molecule has 3 aliphatic rings. The van der Waals surface area contributed by atoms with Gasteiger partial charge in [0.25, 0.3) is 0 Å². The number of morpholine rings is 2. The van der Waals surface area contributed by atoms with Crippen LogP contribution in [0.4, 0.5) is 16.2 Å². The van der Waals surface area contributed by atoms with Crippen molar-refractivity contribution in [1.29, 1.82) is 0 Å². The third-order valence-corrected chi connectivity index (χ3v) is 7.53. The van der Waals surface area contributed by atoms with E-state index in [1.54, 1.807) is 12.1 Å². The van der Waals surface area contributed by atoms with Gasteiger partial charge in [-0.15, -0.1) is 0 Å². The first-order chi connectivity index (χ1) is 18.5. The van der Waals surface area contributed by atoms with E-state index in [9.17, 15) is 9.18 Å². The molecule has 1 N–H and O–H groups in total. The number of halogens is 1. The Morgan fingerprint density at radius 3 is 2.45 bits per heavy atom. The summed E-state index contributed by atoms with van der Waals surface area (Å²) in [4.78, 5) is 31.4. The Kier molecular flexibility index (Phi) is 6.84. The van der Waals surface area contributed by atoms with Crippen molar-refractivity contribution in [3.05, 3.63) is 41.7 Å². The fraction of sp³-hybridized carbons (Fsp3) is 0.500. The molecule has 1 saturated carbocycles. The maximum Gasteiger partial charge on any atom is 0.229 e. The Labute approximate surface area is 221 Å². The van der Waals surface area contributed by atoms with Gasteiger partial charge in [0.15, 0.2) is 5.65 Å². The highest BCUT2D eigenvalue weighted by Gasteiger charge is 2.30. The van der Waals surface area contributed by atoms with Crippen LogP contribution in [0.5, 0.6) is 0 Å². The molecule has 200 valence electrons. The largest absolute Gasteiger partial charge is 0.377 e. The Morgan fingerprint density at radius 1 is 1.00 bits per heavy atom. The summed E-state index contributed by atoms with van der Waals surface area (Å²) in [6.07, 6.45) is 1.82. The molecule has 1 aromatic carbocycles. The summed E-state index contributed by atoms with van der Waals surface area (Å²) in [5.74, 6) is 1.20. The molecular formula is C28H33FN6O3. The predicted octanol–water partition coefficient (Wildman–Crippen LogP) is 3.31. The zero-order valence-electron chi connectivity index (χ0n) is 21.8. The summed E-state index contributed by atoms with van der Waals surface area (Å²) < 4.78 is 25.9. The first-order valence-electron chi connectivity index (χ1n) is 13.4. The summed E-state index contributed by atoms with van der Waals surface area (Å²) in [5.41, 5.74) is 2.48. The number of pyridine rings is 1. The zero-order valence-corrected chi connectivity index (χ0v) is 21.8. The van der Waals surface area contributed by atoms with Crippen molar-refractivity contribution in [2.45, 2.75) is 45.3 Å². The van der Waals surface area contributed by atoms with Gasteiger partial charge in [-0.3, -0.25) is 4.79 Å². The number of carbonyl (C=O) groups excluding carboxylic acids is 1. The number of fused-ring (bicyclic) bond motifs is 1. The molecule has 2 aromatic heterocycles. The van der Waals surface area contributed by atoms with Gasteiger partial charge in [-0.2, -0.15) is 9.97 Å². The number of nitrogens with zero attached hydrogens (tertiary/aromatic N) is 5. The van der Waals surface area contributed by atoms with Crippen LogP contribution in [0.2, 0.25) is 0 Å². The average Bonchev–Trinajstić information content (AvgIpc) is 3.78. The van der Waals surface area contributed by atoms with Gasteiger partial charge in [-0.1, -0.05) is 0 Å². The fourth-order valence-corrected chi connectivity index (χ4v) is 5.10. The van der Waals surface area contributed by atoms with Crippen LogP contribution in [0, 0.1) is 11.7 Å². The average molecular weight is 521 g/mol. The van der Waals surface area contributed by atoms with E-state index in [0.29, 0.717) is 55.8 Å². The first-order valence-corrected chi connectivity index (χ1v) is 13.4. The van der Waals surface area contributed by atoms with Crippen molar-refractivity contribution in [2.75, 3.05) is 49.3 Å². The molecular weight excluding hydrogens is 487 g/mol. The summed E-state index contributed by atoms with van der Waals surface area (Å²) in [5, 5.41) is 3.72. The van der Waals surface area contributed by atoms with Crippen LogP contribution in [0.1, 0.15) is 32.3 Å². The maximum absolute atomic E-state index is 14.6. The number of hydrogen-bond acceptors (Lipinski definition) is 8. The molecule has 9 nitrogen and oxygen atoms in total. The van der Waals surface area contributed by atoms with Crippen LogP contribution in [0.3, 0.4) is 0 Å². The highest BCUT2D eigenvalue weighted by atomic mass is 19.1. The number of ether oxygens (including phenoxy) is 2. The second-order valence-electron chi connectivity index (χ2n) is 10.4. The monoisotopic (exact) mass is 520 g/mol. The van der Waals surface area contributed by atoms with E-state index in [1.807, 2.05) is 12.1 Å². The van der Waals surface area contributed by atoms with E-state index in [-0.39, 0.29) is 36.3 Å². The van der Waals surface area contributed by atoms with Gasteiger partial charge in [-0.25, -0.2) is 9.37 Å². The lowest BCUT2D eigenvalue weighted by atomic mass is 10.1. The van der Waals surface area contributed by atoms with Crippen LogP contribution in [0.15, 0.2) is 30.3 Å². The number of carbonyl (C=O) groups is 1. The molecule has 4 heterocycles. The van der Waals surface area contributed by atoms with Gasteiger partial charge in [-0.05, 0) is 57.0 Å². The lowest BCUT2D eigenvalue weighted by Gasteiger charge is -2.37. The van der Waals surface area contributed by atoms with Gasteiger partial charge in [0.1, 0.15) is 11.6 Å². The second-order valence-corrected chi connectivity index (χ2v) is 10.4. The minimum atomic E-state index is -0.347. The van der Waals surface area contributed by atoms with Gasteiger partial charge in [0.2, 0.25) is 11.9 Å². The molecule has 0 bridgehead atoms. The highest BCUT2D eigenvalue weighted by Crippen LogP contribution is 2.32. The van der Waals surface area contributed by atoms with Crippen LogP contribution < -0.4 is 15.1 Å². The highest BCUT2D eigenvalue weighted by molar-refractivity contribution is 5.90. The Bertz CT molecular complexity index is 1350. The lowest BCUT2D eigenvalue weighted by Crippen LogP contribution is -2.46. The molecule has 1 amide bonds. The molecule has 1 aliphatic carbocycles. The van der Waals surface area contributed by atoms with Gasteiger partial charge >= 0.3 is 0 Å². The molecule has 38 heavy (non-hydrogen) atoms. The van der Waals surface area contributed by atoms with E-state index >= 15 is 0 Å². The van der Waals surface area contributed by atoms with Crippen molar-refractivity contribution in [3.63, 3.8) is 0 Å². The number of benzene rings is 1. The molecule has 2 atom stereocenters. The smallest absolute Gasteiger partial charge is 0.229 e. The fourth-order valence-electron chi connectivity index (χ4n) is 5.10. The predicted molar refractivity (Wildman–Crippen MR) is 143 cm³/mol. The summed E-state index contributed by atoms with van der Waals surface area (Å²) >= 11 is 0. The van der Waals surface area contributed by atoms with Crippen molar-refractivity contribution >= 4 is 28.7 Å². The molecule has 6 rings (SSSR count). The van der Waals surface area contributed by atoms with Crippen molar-refractivity contribution in [1.82, 2.24) is 20.3 Å². The topological polar surface area (TPSA) is 92.7 Å². The molecule has 0 unspecified atom stereocenters. The van der Waals surface area contributed by atoms with Crippen molar-refractivity contribution < 1.29 is 18.7 Å². The van der Waals surface area contributed by atoms with Gasteiger partial charge in [0.05, 0.1) is 49.6 Å². The minimum Gasteiger partial charge on any atom is -0.377 e. The van der Waals surface area contributed by atoms with E-state index in [0.717, 1.165) is 36.2 Å². The Hall–Kier alpha value is -3.37. The summed E-state index contributed by atoms with van der Waals surface area (Å²) in [6, 6.07) is 9.14. The number of amides is 1. The van der Waals surface area contributed by atoms with Crippen LogP contribution >= 0.6 is 0 Å². The summed E-state index contributed by atoms with van der Waals surface area (Å²) in [7, 11) is 0. The quantitative estimate of drug-likeness (QED) is 0.529. The third kappa shape index (κ3) is 5.02. The molecule has 2 aliphatic heterocycles. The number of nitrogens with one attached hydrogen (secondary N) is 1. The Morgan fingerprint density at radius 2 is 1.74 bits per heavy atom. The Balaban J connectivity index is 1.38. The SMILES string of the molecule is C[C@H]1COCCN1c1nc(N2CCOC[C@@H]2C)c2ccc(-c3ccc(F)c(CNC(=O)C4CC4)c3)nc2n1. The molecule has 0 spiro atoms. The number of anilines is 2. The normalized spacial score (nSPS) is 22.1. The van der Waals surface area contributed by atoms with Crippen molar-refractivity contribution in [3.8, 4) is 11.3 Å². The van der Waals surface area contributed by atoms with E-state index in [1.165, 1.54) is 6.07 Å². The standard InChI is InChI=1S/C28H33FN6O3/c1-17-15-37-11-9-34(17)26-22-6-8-24(31-25(22)32-28(33-26)35-10-12-38-16-18(35)2)20-5-7-23(29)21(13-20)14-30-27(36)19-3-4-19/h5-8,13,17-19H,3-4,9-12,14-16H2,1-2H3,(H,30,36)/t17-,18-/m0/s1. The van der Waals surface area contributed by atoms with Crippen molar-refractivity contribution in [2.24, 2.45) is 5.92 Å². The van der Waals surface area contributed by atoms with Gasteiger partial charge in [0, 0.05) is 36.7 Å². The number of aromatic nitrogens is 3. The van der Waals surface area contributed by atoms with E-state index in [4.69, 9.17) is 24.4 Å². The molecule has 0 radical (unpaired) electrons. The number of hydrogen-bond donors (Lipinski definition) is 1. The molecule has 10 heteroatoms. The van der Waals surface area contributed by atoms with Gasteiger partial charge < -0.3 is 24.6 Å². The second kappa shape index (κ2) is 10.4. The molecule has 2 saturated heterocycles. The molecule has 3 fully saturated rings. The number of rotatable bonds is 6. The third-order valence-electron chi connectivity index (χ3n) is 7.53. The van der Waals surface area contributed by atoms with Crippen LogP contribution in [0.25, 0.3) is 22.3 Å². The van der Waals surface area contributed by atoms with Crippen LogP contribution in [-0.4, -0.2) is 72.5 Å². The molecule has 3 aromatic rings. The van der Waals surface area contributed by atoms with Crippen LogP contribution in [-0.2, 0) is 20.8 Å².